The lowest BCUT2D eigenvalue weighted by Crippen LogP contribution is -2.31. The quantitative estimate of drug-likeness (QED) is 0.492. The Morgan fingerprint density at radius 2 is 2.50 bits per heavy atom. The van der Waals surface area contributed by atoms with Gasteiger partial charge in [-0.25, -0.2) is 0 Å². The van der Waals surface area contributed by atoms with Crippen LogP contribution in [0, 0.1) is 0 Å². The van der Waals surface area contributed by atoms with Gasteiger partial charge in [0.1, 0.15) is 11.7 Å². The van der Waals surface area contributed by atoms with E-state index in [0.29, 0.717) is 0 Å². The SMILES string of the molecule is O=C1C[C@]2(O)CCC[C@H]2O1. The lowest BCUT2D eigenvalue weighted by molar-refractivity contribution is -0.141. The van der Waals surface area contributed by atoms with Crippen LogP contribution in [-0.4, -0.2) is 22.8 Å². The summed E-state index contributed by atoms with van der Waals surface area (Å²) >= 11 is 0. The Kier molecular flexibility index (Phi) is 1.06. The van der Waals surface area contributed by atoms with Crippen molar-refractivity contribution in [3.8, 4) is 0 Å². The Labute approximate surface area is 59.0 Å². The topological polar surface area (TPSA) is 46.5 Å². The van der Waals surface area contributed by atoms with Crippen LogP contribution in [0.5, 0.6) is 0 Å². The Hall–Kier alpha value is -0.570. The number of ether oxygens (including phenoxy) is 1. The number of carbonyl (C=O) groups excluding carboxylic acids is 1. The van der Waals surface area contributed by atoms with E-state index in [2.05, 4.69) is 0 Å². The van der Waals surface area contributed by atoms with E-state index in [0.717, 1.165) is 19.3 Å². The van der Waals surface area contributed by atoms with Crippen molar-refractivity contribution in [3.63, 3.8) is 0 Å². The predicted octanol–water partition coefficient (Wildman–Crippen LogP) is 0.217. The molecule has 0 aromatic heterocycles. The number of rotatable bonds is 0. The van der Waals surface area contributed by atoms with E-state index in [4.69, 9.17) is 4.74 Å². The number of hydrogen-bond donors (Lipinski definition) is 1. The van der Waals surface area contributed by atoms with E-state index in [9.17, 15) is 9.90 Å². The third-order valence-electron chi connectivity index (χ3n) is 2.40. The minimum Gasteiger partial charge on any atom is -0.459 e. The summed E-state index contributed by atoms with van der Waals surface area (Å²) in [5.41, 5.74) is -0.795. The van der Waals surface area contributed by atoms with Crippen molar-refractivity contribution in [2.24, 2.45) is 0 Å². The van der Waals surface area contributed by atoms with Crippen molar-refractivity contribution >= 4 is 5.97 Å². The maximum atomic E-state index is 10.7. The minimum absolute atomic E-state index is 0.194. The first-order chi connectivity index (χ1) is 4.71. The Morgan fingerprint density at radius 3 is 3.20 bits per heavy atom. The van der Waals surface area contributed by atoms with E-state index in [1.54, 1.807) is 0 Å². The fraction of sp³-hybridized carbons (Fsp3) is 0.857. The lowest BCUT2D eigenvalue weighted by atomic mass is 9.99. The Bertz CT molecular complexity index is 178. The molecule has 1 saturated carbocycles. The van der Waals surface area contributed by atoms with Crippen LogP contribution < -0.4 is 0 Å². The second-order valence-corrected chi connectivity index (χ2v) is 3.15. The number of aliphatic hydroxyl groups is 1. The second kappa shape index (κ2) is 1.72. The van der Waals surface area contributed by atoms with Crippen molar-refractivity contribution in [1.82, 2.24) is 0 Å². The zero-order chi connectivity index (χ0) is 7.19. The maximum absolute atomic E-state index is 10.7. The molecule has 0 spiro atoms. The van der Waals surface area contributed by atoms with Crippen molar-refractivity contribution in [3.05, 3.63) is 0 Å². The molecule has 2 fully saturated rings. The lowest BCUT2D eigenvalue weighted by Gasteiger charge is -2.17. The van der Waals surface area contributed by atoms with Crippen molar-refractivity contribution in [2.45, 2.75) is 37.4 Å². The number of hydrogen-bond acceptors (Lipinski definition) is 3. The predicted molar refractivity (Wildman–Crippen MR) is 33.3 cm³/mol. The van der Waals surface area contributed by atoms with E-state index < -0.39 is 5.60 Å². The van der Waals surface area contributed by atoms with Crippen LogP contribution in [0.25, 0.3) is 0 Å². The average Bonchev–Trinajstić information content (AvgIpc) is 2.20. The molecule has 0 aromatic rings. The van der Waals surface area contributed by atoms with Crippen molar-refractivity contribution < 1.29 is 14.6 Å². The van der Waals surface area contributed by atoms with Gasteiger partial charge in [0.05, 0.1) is 6.42 Å². The van der Waals surface area contributed by atoms with Gasteiger partial charge in [-0.15, -0.1) is 0 Å². The van der Waals surface area contributed by atoms with Gasteiger partial charge in [0.2, 0.25) is 0 Å². The van der Waals surface area contributed by atoms with Crippen molar-refractivity contribution in [1.29, 1.82) is 0 Å². The fourth-order valence-corrected chi connectivity index (χ4v) is 1.84. The summed E-state index contributed by atoms with van der Waals surface area (Å²) in [4.78, 5) is 10.7. The summed E-state index contributed by atoms with van der Waals surface area (Å²) in [6.07, 6.45) is 2.55. The van der Waals surface area contributed by atoms with Crippen LogP contribution in [-0.2, 0) is 9.53 Å². The number of carbonyl (C=O) groups is 1. The molecule has 3 heteroatoms. The zero-order valence-electron chi connectivity index (χ0n) is 5.67. The van der Waals surface area contributed by atoms with Gasteiger partial charge in [-0.05, 0) is 19.3 Å². The van der Waals surface area contributed by atoms with Crippen LogP contribution in [0.1, 0.15) is 25.7 Å². The smallest absolute Gasteiger partial charge is 0.309 e. The number of fused-ring (bicyclic) bond motifs is 1. The molecule has 1 N–H and O–H groups in total. The highest BCUT2D eigenvalue weighted by atomic mass is 16.6. The first kappa shape index (κ1) is 6.16. The Balaban J connectivity index is 2.22. The van der Waals surface area contributed by atoms with E-state index in [1.165, 1.54) is 0 Å². The highest BCUT2D eigenvalue weighted by molar-refractivity contribution is 5.73. The normalized spacial score (nSPS) is 45.3. The highest BCUT2D eigenvalue weighted by Crippen LogP contribution is 2.39. The largest absolute Gasteiger partial charge is 0.459 e. The summed E-state index contributed by atoms with van der Waals surface area (Å²) in [6.45, 7) is 0. The molecule has 2 aliphatic rings. The Morgan fingerprint density at radius 1 is 1.70 bits per heavy atom. The molecule has 0 radical (unpaired) electrons. The van der Waals surface area contributed by atoms with E-state index in [-0.39, 0.29) is 18.5 Å². The molecule has 1 saturated heterocycles. The molecule has 0 aromatic carbocycles. The highest BCUT2D eigenvalue weighted by Gasteiger charge is 2.50. The molecule has 10 heavy (non-hydrogen) atoms. The molecule has 1 aliphatic heterocycles. The van der Waals surface area contributed by atoms with Crippen LogP contribution in [0.4, 0.5) is 0 Å². The third kappa shape index (κ3) is 0.669. The van der Waals surface area contributed by atoms with Crippen LogP contribution >= 0.6 is 0 Å². The summed E-state index contributed by atoms with van der Waals surface area (Å²) in [6, 6.07) is 0. The van der Waals surface area contributed by atoms with Gasteiger partial charge in [0.15, 0.2) is 0 Å². The molecular weight excluding hydrogens is 132 g/mol. The standard InChI is InChI=1S/C7H10O3/c8-6-4-7(9)3-1-2-5(7)10-6/h5,9H,1-4H2/t5-,7-/m1/s1. The summed E-state index contributed by atoms with van der Waals surface area (Å²) in [7, 11) is 0. The molecule has 1 aliphatic carbocycles. The van der Waals surface area contributed by atoms with Gasteiger partial charge in [-0.1, -0.05) is 0 Å². The molecule has 0 bridgehead atoms. The number of esters is 1. The van der Waals surface area contributed by atoms with Gasteiger partial charge in [0.25, 0.3) is 0 Å². The average molecular weight is 142 g/mol. The summed E-state index contributed by atoms with van der Waals surface area (Å²) < 4.78 is 4.90. The summed E-state index contributed by atoms with van der Waals surface area (Å²) in [5.74, 6) is -0.243. The van der Waals surface area contributed by atoms with Crippen LogP contribution in [0.3, 0.4) is 0 Å². The van der Waals surface area contributed by atoms with E-state index in [1.807, 2.05) is 0 Å². The molecule has 3 nitrogen and oxygen atoms in total. The molecule has 2 rings (SSSR count). The molecule has 0 amide bonds. The first-order valence-corrected chi connectivity index (χ1v) is 3.63. The molecular formula is C7H10O3. The van der Waals surface area contributed by atoms with Crippen molar-refractivity contribution in [2.75, 3.05) is 0 Å². The van der Waals surface area contributed by atoms with Gasteiger partial charge in [-0.2, -0.15) is 0 Å². The van der Waals surface area contributed by atoms with Gasteiger partial charge in [-0.3, -0.25) is 4.79 Å². The molecule has 1 heterocycles. The maximum Gasteiger partial charge on any atom is 0.309 e. The molecule has 2 atom stereocenters. The minimum atomic E-state index is -0.795. The molecule has 56 valence electrons. The molecule has 0 unspecified atom stereocenters. The van der Waals surface area contributed by atoms with Crippen LogP contribution in [0.2, 0.25) is 0 Å². The fourth-order valence-electron chi connectivity index (χ4n) is 1.84. The van der Waals surface area contributed by atoms with Gasteiger partial charge >= 0.3 is 5.97 Å². The van der Waals surface area contributed by atoms with E-state index >= 15 is 0 Å². The van der Waals surface area contributed by atoms with Gasteiger partial charge in [0, 0.05) is 0 Å². The zero-order valence-corrected chi connectivity index (χ0v) is 5.67. The van der Waals surface area contributed by atoms with Crippen LogP contribution in [0.15, 0.2) is 0 Å². The monoisotopic (exact) mass is 142 g/mol. The second-order valence-electron chi connectivity index (χ2n) is 3.15. The first-order valence-electron chi connectivity index (χ1n) is 3.63. The van der Waals surface area contributed by atoms with Gasteiger partial charge < -0.3 is 9.84 Å². The third-order valence-corrected chi connectivity index (χ3v) is 2.40. The summed E-state index contributed by atoms with van der Waals surface area (Å²) in [5, 5.41) is 9.66.